The number of anilines is 1. The van der Waals surface area contributed by atoms with Crippen LogP contribution in [0.4, 0.5) is 5.69 Å². The molecule has 0 atom stereocenters. The molecule has 0 radical (unpaired) electrons. The Morgan fingerprint density at radius 3 is 2.44 bits per heavy atom. The van der Waals surface area contributed by atoms with Crippen LogP contribution in [-0.4, -0.2) is 5.91 Å². The summed E-state index contributed by atoms with van der Waals surface area (Å²) in [5, 5.41) is 11.9. The van der Waals surface area contributed by atoms with Gasteiger partial charge in [0, 0.05) is 11.3 Å². The van der Waals surface area contributed by atoms with E-state index in [4.69, 9.17) is 5.26 Å². The van der Waals surface area contributed by atoms with Crippen LogP contribution in [0.1, 0.15) is 27.0 Å². The smallest absolute Gasteiger partial charge is 0.255 e. The average molecular weight is 326 g/mol. The first-order valence-corrected chi connectivity index (χ1v) is 8.19. The van der Waals surface area contributed by atoms with Crippen LogP contribution in [0, 0.1) is 11.3 Å². The Hall–Kier alpha value is -3.38. The highest BCUT2D eigenvalue weighted by Crippen LogP contribution is 2.16. The third-order valence-corrected chi connectivity index (χ3v) is 4.04. The molecule has 3 rings (SSSR count). The molecular formula is C22H18N2O. The van der Waals surface area contributed by atoms with Crippen molar-refractivity contribution in [3.8, 4) is 6.07 Å². The first-order chi connectivity index (χ1) is 12.3. The highest BCUT2D eigenvalue weighted by atomic mass is 16.1. The van der Waals surface area contributed by atoms with Gasteiger partial charge in [0.2, 0.25) is 0 Å². The molecule has 0 aliphatic rings. The lowest BCUT2D eigenvalue weighted by Gasteiger charge is -2.10. The fraction of sp³-hybridized carbons (Fsp3) is 0.0909. The van der Waals surface area contributed by atoms with Crippen molar-refractivity contribution in [2.75, 3.05) is 5.32 Å². The second kappa shape index (κ2) is 7.94. The number of nitrogens with zero attached hydrogens (tertiary/aromatic N) is 1. The van der Waals surface area contributed by atoms with E-state index in [1.165, 1.54) is 5.56 Å². The van der Waals surface area contributed by atoms with Gasteiger partial charge in [0.15, 0.2) is 0 Å². The molecule has 0 aliphatic carbocycles. The second-order valence-corrected chi connectivity index (χ2v) is 5.79. The Bertz CT molecular complexity index is 911. The third-order valence-electron chi connectivity index (χ3n) is 4.04. The number of rotatable bonds is 5. The minimum Gasteiger partial charge on any atom is -0.322 e. The zero-order chi connectivity index (χ0) is 17.5. The number of hydrogen-bond acceptors (Lipinski definition) is 2. The minimum atomic E-state index is -0.154. The quantitative estimate of drug-likeness (QED) is 0.745. The topological polar surface area (TPSA) is 52.9 Å². The average Bonchev–Trinajstić information content (AvgIpc) is 2.67. The number of carbonyl (C=O) groups excluding carboxylic acids is 1. The lowest BCUT2D eigenvalue weighted by atomic mass is 9.99. The summed E-state index contributed by atoms with van der Waals surface area (Å²) in [6, 6.07) is 26.9. The van der Waals surface area contributed by atoms with Gasteiger partial charge in [0.1, 0.15) is 0 Å². The van der Waals surface area contributed by atoms with Gasteiger partial charge < -0.3 is 5.32 Å². The highest BCUT2D eigenvalue weighted by molar-refractivity contribution is 6.05. The molecule has 0 spiro atoms. The molecule has 0 heterocycles. The monoisotopic (exact) mass is 326 g/mol. The van der Waals surface area contributed by atoms with Gasteiger partial charge in [-0.2, -0.15) is 5.26 Å². The number of carbonyl (C=O) groups is 1. The summed E-state index contributed by atoms with van der Waals surface area (Å²) in [4.78, 5) is 12.7. The lowest BCUT2D eigenvalue weighted by molar-refractivity contribution is 0.102. The van der Waals surface area contributed by atoms with Crippen molar-refractivity contribution in [1.82, 2.24) is 0 Å². The number of amides is 1. The molecule has 0 unspecified atom stereocenters. The van der Waals surface area contributed by atoms with Crippen molar-refractivity contribution in [2.45, 2.75) is 12.8 Å². The summed E-state index contributed by atoms with van der Waals surface area (Å²) in [7, 11) is 0. The molecule has 0 saturated carbocycles. The zero-order valence-corrected chi connectivity index (χ0v) is 13.8. The van der Waals surface area contributed by atoms with Gasteiger partial charge in [-0.25, -0.2) is 0 Å². The van der Waals surface area contributed by atoms with Crippen LogP contribution >= 0.6 is 0 Å². The Balaban J connectivity index is 1.75. The van der Waals surface area contributed by atoms with E-state index in [1.54, 1.807) is 24.3 Å². The molecule has 0 aromatic heterocycles. The van der Waals surface area contributed by atoms with Crippen molar-refractivity contribution in [1.29, 1.82) is 5.26 Å². The predicted molar refractivity (Wildman–Crippen MR) is 99.4 cm³/mol. The van der Waals surface area contributed by atoms with Crippen LogP contribution in [-0.2, 0) is 12.8 Å². The highest BCUT2D eigenvalue weighted by Gasteiger charge is 2.11. The molecule has 0 bridgehead atoms. The predicted octanol–water partition coefficient (Wildman–Crippen LogP) is 4.60. The number of hydrogen-bond donors (Lipinski definition) is 1. The summed E-state index contributed by atoms with van der Waals surface area (Å²) >= 11 is 0. The molecular weight excluding hydrogens is 308 g/mol. The van der Waals surface area contributed by atoms with E-state index in [-0.39, 0.29) is 5.91 Å². The molecule has 3 aromatic carbocycles. The molecule has 3 nitrogen and oxygen atoms in total. The van der Waals surface area contributed by atoms with E-state index >= 15 is 0 Å². The van der Waals surface area contributed by atoms with E-state index < -0.39 is 0 Å². The molecule has 0 saturated heterocycles. The van der Waals surface area contributed by atoms with Gasteiger partial charge in [0.25, 0.3) is 5.91 Å². The van der Waals surface area contributed by atoms with Crippen molar-refractivity contribution in [3.05, 3.63) is 101 Å². The van der Waals surface area contributed by atoms with Crippen LogP contribution in [0.3, 0.4) is 0 Å². The van der Waals surface area contributed by atoms with E-state index in [0.717, 1.165) is 18.4 Å². The fourth-order valence-corrected chi connectivity index (χ4v) is 2.75. The number of benzene rings is 3. The summed E-state index contributed by atoms with van der Waals surface area (Å²) in [5.41, 5.74) is 4.08. The molecule has 0 fully saturated rings. The van der Waals surface area contributed by atoms with Gasteiger partial charge in [-0.05, 0) is 48.2 Å². The summed E-state index contributed by atoms with van der Waals surface area (Å²) < 4.78 is 0. The maximum absolute atomic E-state index is 12.7. The van der Waals surface area contributed by atoms with E-state index in [2.05, 4.69) is 23.5 Å². The molecule has 3 heteroatoms. The van der Waals surface area contributed by atoms with Crippen molar-refractivity contribution in [2.24, 2.45) is 0 Å². The third kappa shape index (κ3) is 4.33. The number of nitriles is 1. The van der Waals surface area contributed by atoms with Gasteiger partial charge in [-0.15, -0.1) is 0 Å². The molecule has 1 N–H and O–H groups in total. The first kappa shape index (κ1) is 16.5. The van der Waals surface area contributed by atoms with Crippen molar-refractivity contribution >= 4 is 11.6 Å². The van der Waals surface area contributed by atoms with Crippen molar-refractivity contribution < 1.29 is 4.79 Å². The summed E-state index contributed by atoms with van der Waals surface area (Å²) in [6.45, 7) is 0. The summed E-state index contributed by atoms with van der Waals surface area (Å²) in [5.74, 6) is -0.154. The van der Waals surface area contributed by atoms with E-state index in [0.29, 0.717) is 16.8 Å². The Morgan fingerprint density at radius 1 is 0.880 bits per heavy atom. The van der Waals surface area contributed by atoms with Gasteiger partial charge >= 0.3 is 0 Å². The number of nitrogens with one attached hydrogen (secondary N) is 1. The van der Waals surface area contributed by atoms with E-state index in [9.17, 15) is 4.79 Å². The maximum Gasteiger partial charge on any atom is 0.255 e. The molecule has 25 heavy (non-hydrogen) atoms. The van der Waals surface area contributed by atoms with Crippen LogP contribution in [0.5, 0.6) is 0 Å². The summed E-state index contributed by atoms with van der Waals surface area (Å²) in [6.07, 6.45) is 1.68. The number of aryl methyl sites for hydroxylation is 2. The van der Waals surface area contributed by atoms with Crippen LogP contribution in [0.25, 0.3) is 0 Å². The van der Waals surface area contributed by atoms with Crippen molar-refractivity contribution in [3.63, 3.8) is 0 Å². The van der Waals surface area contributed by atoms with Gasteiger partial charge in [-0.1, -0.05) is 54.6 Å². The van der Waals surface area contributed by atoms with Gasteiger partial charge in [-0.3, -0.25) is 4.79 Å². The molecule has 3 aromatic rings. The fourth-order valence-electron chi connectivity index (χ4n) is 2.75. The maximum atomic E-state index is 12.7. The van der Waals surface area contributed by atoms with Crippen LogP contribution in [0.15, 0.2) is 78.9 Å². The standard InChI is InChI=1S/C22H18N2O/c23-16-18-9-6-11-20(15-18)24-22(25)21-12-5-4-10-19(21)14-13-17-7-2-1-3-8-17/h1-12,15H,13-14H2,(H,24,25). The first-order valence-electron chi connectivity index (χ1n) is 8.19. The largest absolute Gasteiger partial charge is 0.322 e. The van der Waals surface area contributed by atoms with E-state index in [1.807, 2.05) is 42.5 Å². The Morgan fingerprint density at radius 2 is 1.64 bits per heavy atom. The molecule has 0 aliphatic heterocycles. The molecule has 122 valence electrons. The lowest BCUT2D eigenvalue weighted by Crippen LogP contribution is -2.14. The zero-order valence-electron chi connectivity index (χ0n) is 13.8. The van der Waals surface area contributed by atoms with Gasteiger partial charge in [0.05, 0.1) is 11.6 Å². The minimum absolute atomic E-state index is 0.154. The normalized spacial score (nSPS) is 10.0. The Kier molecular flexibility index (Phi) is 5.23. The SMILES string of the molecule is N#Cc1cccc(NC(=O)c2ccccc2CCc2ccccc2)c1. The molecule has 1 amide bonds. The van der Waals surface area contributed by atoms with Crippen LogP contribution < -0.4 is 5.32 Å². The van der Waals surface area contributed by atoms with Crippen LogP contribution in [0.2, 0.25) is 0 Å². The second-order valence-electron chi connectivity index (χ2n) is 5.79. The Labute approximate surface area is 147 Å².